The lowest BCUT2D eigenvalue weighted by Gasteiger charge is -2.01. The molecule has 58 valence electrons. The van der Waals surface area contributed by atoms with E-state index in [2.05, 4.69) is 9.36 Å². The summed E-state index contributed by atoms with van der Waals surface area (Å²) in [5.74, 6) is -0.314. The van der Waals surface area contributed by atoms with Crippen LogP contribution in [0.5, 0.6) is 0 Å². The van der Waals surface area contributed by atoms with Crippen molar-refractivity contribution < 1.29 is 9.90 Å². The third kappa shape index (κ3) is 0.841. The van der Waals surface area contributed by atoms with Gasteiger partial charge in [-0.2, -0.15) is 4.37 Å². The standard InChI is InChI=1S/C6H6N2O2S/c9-5(10)6(1-2-6)4-7-3-11-8-4/h3H,1-2H2,(H,9,10). The maximum atomic E-state index is 10.7. The Morgan fingerprint density at radius 3 is 2.82 bits per heavy atom. The van der Waals surface area contributed by atoms with E-state index < -0.39 is 11.4 Å². The highest BCUT2D eigenvalue weighted by atomic mass is 32.1. The molecule has 1 aliphatic carbocycles. The Kier molecular flexibility index (Phi) is 1.23. The fraction of sp³-hybridized carbons (Fsp3) is 0.500. The van der Waals surface area contributed by atoms with E-state index in [9.17, 15) is 4.79 Å². The molecule has 0 atom stereocenters. The van der Waals surface area contributed by atoms with Crippen LogP contribution >= 0.6 is 11.5 Å². The summed E-state index contributed by atoms with van der Waals surface area (Å²) in [6.07, 6.45) is 1.36. The molecule has 0 aromatic carbocycles. The second-order valence-electron chi connectivity index (χ2n) is 2.64. The van der Waals surface area contributed by atoms with Crippen molar-refractivity contribution in [3.63, 3.8) is 0 Å². The van der Waals surface area contributed by atoms with Crippen LogP contribution in [0.4, 0.5) is 0 Å². The first-order valence-electron chi connectivity index (χ1n) is 3.26. The number of aliphatic carboxylic acids is 1. The molecule has 1 saturated carbocycles. The summed E-state index contributed by atoms with van der Waals surface area (Å²) in [4.78, 5) is 14.6. The lowest BCUT2D eigenvalue weighted by atomic mass is 10.1. The molecule has 4 nitrogen and oxygen atoms in total. The zero-order chi connectivity index (χ0) is 7.90. The SMILES string of the molecule is O=C(O)C1(c2ncsn2)CC1. The molecule has 1 aliphatic rings. The first kappa shape index (κ1) is 6.72. The second kappa shape index (κ2) is 2.01. The van der Waals surface area contributed by atoms with E-state index >= 15 is 0 Å². The monoisotopic (exact) mass is 170 g/mol. The van der Waals surface area contributed by atoms with Gasteiger partial charge < -0.3 is 5.11 Å². The Morgan fingerprint density at radius 1 is 1.73 bits per heavy atom. The molecule has 0 spiro atoms. The van der Waals surface area contributed by atoms with E-state index in [1.165, 1.54) is 11.5 Å². The van der Waals surface area contributed by atoms with Crippen LogP contribution in [0.15, 0.2) is 5.51 Å². The highest BCUT2D eigenvalue weighted by Crippen LogP contribution is 2.46. The Hall–Kier alpha value is -0.970. The summed E-state index contributed by atoms with van der Waals surface area (Å²) in [5, 5.41) is 8.80. The van der Waals surface area contributed by atoms with E-state index in [-0.39, 0.29) is 0 Å². The van der Waals surface area contributed by atoms with Crippen LogP contribution in [-0.2, 0) is 10.2 Å². The molecule has 0 radical (unpaired) electrons. The lowest BCUT2D eigenvalue weighted by molar-refractivity contribution is -0.140. The molecule has 0 unspecified atom stereocenters. The first-order valence-corrected chi connectivity index (χ1v) is 4.10. The molecule has 1 N–H and O–H groups in total. The zero-order valence-corrected chi connectivity index (χ0v) is 6.47. The summed E-state index contributed by atoms with van der Waals surface area (Å²) in [7, 11) is 0. The van der Waals surface area contributed by atoms with Crippen LogP contribution in [0, 0.1) is 0 Å². The van der Waals surface area contributed by atoms with Crippen molar-refractivity contribution in [2.75, 3.05) is 0 Å². The minimum absolute atomic E-state index is 0.481. The number of carboxylic acid groups (broad SMARTS) is 1. The Balaban J connectivity index is 2.36. The molecule has 1 fully saturated rings. The highest BCUT2D eigenvalue weighted by molar-refractivity contribution is 7.03. The van der Waals surface area contributed by atoms with Crippen LogP contribution in [0.3, 0.4) is 0 Å². The predicted octanol–water partition coefficient (Wildman–Crippen LogP) is 0.654. The van der Waals surface area contributed by atoms with Crippen molar-refractivity contribution in [2.45, 2.75) is 18.3 Å². The molecular weight excluding hydrogens is 164 g/mol. The van der Waals surface area contributed by atoms with E-state index in [0.717, 1.165) is 0 Å². The third-order valence-electron chi connectivity index (χ3n) is 1.95. The zero-order valence-electron chi connectivity index (χ0n) is 5.65. The van der Waals surface area contributed by atoms with Crippen LogP contribution in [0.25, 0.3) is 0 Å². The number of rotatable bonds is 2. The van der Waals surface area contributed by atoms with Gasteiger partial charge in [-0.3, -0.25) is 4.79 Å². The molecule has 0 saturated heterocycles. The summed E-state index contributed by atoms with van der Waals surface area (Å²) in [5.41, 5.74) is 0.846. The average molecular weight is 170 g/mol. The van der Waals surface area contributed by atoms with Crippen LogP contribution in [0.1, 0.15) is 18.7 Å². The molecule has 0 bridgehead atoms. The fourth-order valence-electron chi connectivity index (χ4n) is 1.04. The topological polar surface area (TPSA) is 63.1 Å². The van der Waals surface area contributed by atoms with E-state index in [4.69, 9.17) is 5.11 Å². The van der Waals surface area contributed by atoms with E-state index in [1.807, 2.05) is 0 Å². The molecule has 1 aromatic rings. The van der Waals surface area contributed by atoms with Crippen molar-refractivity contribution >= 4 is 17.5 Å². The summed E-state index contributed by atoms with van der Waals surface area (Å²) in [6, 6.07) is 0. The number of nitrogens with zero attached hydrogens (tertiary/aromatic N) is 2. The van der Waals surface area contributed by atoms with Gasteiger partial charge in [0.1, 0.15) is 10.9 Å². The van der Waals surface area contributed by atoms with Crippen molar-refractivity contribution in [2.24, 2.45) is 0 Å². The minimum Gasteiger partial charge on any atom is -0.480 e. The maximum Gasteiger partial charge on any atom is 0.317 e. The number of hydrogen-bond acceptors (Lipinski definition) is 4. The van der Waals surface area contributed by atoms with Gasteiger partial charge >= 0.3 is 5.97 Å². The fourth-order valence-corrected chi connectivity index (χ4v) is 1.56. The Labute approximate surface area is 67.1 Å². The van der Waals surface area contributed by atoms with Gasteiger partial charge in [0.15, 0.2) is 5.82 Å². The van der Waals surface area contributed by atoms with Gasteiger partial charge in [0, 0.05) is 0 Å². The first-order chi connectivity index (χ1) is 5.26. The van der Waals surface area contributed by atoms with Crippen molar-refractivity contribution in [3.05, 3.63) is 11.3 Å². The largest absolute Gasteiger partial charge is 0.480 e. The van der Waals surface area contributed by atoms with Gasteiger partial charge in [-0.15, -0.1) is 0 Å². The smallest absolute Gasteiger partial charge is 0.317 e. The van der Waals surface area contributed by atoms with Crippen molar-refractivity contribution in [1.29, 1.82) is 0 Å². The Morgan fingerprint density at radius 2 is 2.45 bits per heavy atom. The molecule has 0 aliphatic heterocycles. The average Bonchev–Trinajstić information content (AvgIpc) is 2.61. The highest BCUT2D eigenvalue weighted by Gasteiger charge is 2.54. The van der Waals surface area contributed by atoms with Crippen LogP contribution in [-0.4, -0.2) is 20.4 Å². The third-order valence-corrected chi connectivity index (χ3v) is 2.43. The summed E-state index contributed by atoms with van der Waals surface area (Å²) < 4.78 is 3.92. The predicted molar refractivity (Wildman–Crippen MR) is 38.5 cm³/mol. The molecule has 1 heterocycles. The van der Waals surface area contributed by atoms with Crippen molar-refractivity contribution in [3.8, 4) is 0 Å². The normalized spacial score (nSPS) is 19.6. The van der Waals surface area contributed by atoms with Gasteiger partial charge in [0.25, 0.3) is 0 Å². The van der Waals surface area contributed by atoms with Crippen LogP contribution in [0.2, 0.25) is 0 Å². The maximum absolute atomic E-state index is 10.7. The molecule has 5 heteroatoms. The summed E-state index contributed by atoms with van der Waals surface area (Å²) >= 11 is 1.20. The van der Waals surface area contributed by atoms with E-state index in [0.29, 0.717) is 18.7 Å². The van der Waals surface area contributed by atoms with Gasteiger partial charge in [0.2, 0.25) is 0 Å². The molecular formula is C6H6N2O2S. The number of carbonyl (C=O) groups is 1. The molecule has 2 rings (SSSR count). The minimum atomic E-state index is -0.795. The van der Waals surface area contributed by atoms with Crippen LogP contribution < -0.4 is 0 Å². The summed E-state index contributed by atoms with van der Waals surface area (Å²) in [6.45, 7) is 0. The quantitative estimate of drug-likeness (QED) is 0.708. The second-order valence-corrected chi connectivity index (χ2v) is 3.25. The van der Waals surface area contributed by atoms with Gasteiger partial charge in [-0.05, 0) is 24.4 Å². The molecule has 1 aromatic heterocycles. The van der Waals surface area contributed by atoms with E-state index in [1.54, 1.807) is 5.51 Å². The number of hydrogen-bond donors (Lipinski definition) is 1. The molecule has 0 amide bonds. The van der Waals surface area contributed by atoms with Gasteiger partial charge in [0.05, 0.1) is 0 Å². The van der Waals surface area contributed by atoms with Crippen molar-refractivity contribution in [1.82, 2.24) is 9.36 Å². The number of carboxylic acids is 1. The van der Waals surface area contributed by atoms with Gasteiger partial charge in [-0.1, -0.05) is 0 Å². The lowest BCUT2D eigenvalue weighted by Crippen LogP contribution is -2.20. The Bertz CT molecular complexity index is 279. The van der Waals surface area contributed by atoms with Gasteiger partial charge in [-0.25, -0.2) is 4.98 Å². The number of aromatic nitrogens is 2. The molecule has 11 heavy (non-hydrogen) atoms.